The van der Waals surface area contributed by atoms with Crippen molar-refractivity contribution in [3.05, 3.63) is 91.0 Å². The highest BCUT2D eigenvalue weighted by Crippen LogP contribution is 2.30. The van der Waals surface area contributed by atoms with Gasteiger partial charge in [-0.1, -0.05) is 54.6 Å². The number of rotatable bonds is 6. The second kappa shape index (κ2) is 12.2. The second-order valence-electron chi connectivity index (χ2n) is 5.74. The number of aldehydes is 1. The van der Waals surface area contributed by atoms with Crippen LogP contribution in [0.5, 0.6) is 0 Å². The minimum atomic E-state index is -1.26. The molecule has 0 fully saturated rings. The molecule has 0 saturated carbocycles. The number of nitrogens with zero attached hydrogens (tertiary/aromatic N) is 1. The maximum Gasteiger partial charge on any atom is 0.330 e. The quantitative estimate of drug-likeness (QED) is 0.259. The van der Waals surface area contributed by atoms with Crippen LogP contribution in [-0.2, 0) is 25.2 Å². The van der Waals surface area contributed by atoms with Gasteiger partial charge in [-0.05, 0) is 43.3 Å². The van der Waals surface area contributed by atoms with Crippen LogP contribution >= 0.6 is 0 Å². The highest BCUT2D eigenvalue weighted by Gasteiger charge is 2.27. The van der Waals surface area contributed by atoms with Crippen LogP contribution in [0.3, 0.4) is 0 Å². The van der Waals surface area contributed by atoms with Crippen LogP contribution in [0.2, 0.25) is 0 Å². The summed E-state index contributed by atoms with van der Waals surface area (Å²) in [6, 6.07) is 33.6. The molecule has 0 saturated heterocycles. The number of hydrogen-bond acceptors (Lipinski definition) is 4. The third kappa shape index (κ3) is 6.63. The molecule has 3 rings (SSSR count). The van der Waals surface area contributed by atoms with E-state index in [-0.39, 0.29) is 23.8 Å². The first kappa shape index (κ1) is 21.9. The van der Waals surface area contributed by atoms with Gasteiger partial charge in [0.05, 0.1) is 23.6 Å². The maximum atomic E-state index is 10.5. The molecule has 0 aliphatic heterocycles. The Kier molecular flexibility index (Phi) is 9.20. The van der Waals surface area contributed by atoms with Crippen molar-refractivity contribution in [2.75, 3.05) is 6.61 Å². The van der Waals surface area contributed by atoms with Crippen LogP contribution < -0.4 is 0 Å². The fourth-order valence-corrected chi connectivity index (χ4v) is 4.55. The number of ether oxygens (including phenoxy) is 1. The average Bonchev–Trinajstić information content (AvgIpc) is 2.78. The van der Waals surface area contributed by atoms with Crippen LogP contribution in [0.15, 0.2) is 106 Å². The van der Waals surface area contributed by atoms with Gasteiger partial charge in [0, 0.05) is 0 Å². The van der Waals surface area contributed by atoms with E-state index >= 15 is 0 Å². The number of carbonyl (C=O) groups is 2. The van der Waals surface area contributed by atoms with Gasteiger partial charge in [-0.25, -0.2) is 0 Å². The third-order valence-electron chi connectivity index (χ3n) is 3.75. The Morgan fingerprint density at radius 1 is 0.897 bits per heavy atom. The summed E-state index contributed by atoms with van der Waals surface area (Å²) < 4.78 is 4.39. The summed E-state index contributed by atoms with van der Waals surface area (Å²) in [5.74, 6) is -2.04. The van der Waals surface area contributed by atoms with Gasteiger partial charge in [-0.15, -0.1) is 0 Å². The zero-order valence-corrected chi connectivity index (χ0v) is 16.9. The zero-order chi connectivity index (χ0) is 20.9. The number of carbonyl (C=O) groups excluding carboxylic acids is 2. The summed E-state index contributed by atoms with van der Waals surface area (Å²) >= 11 is 0. The second-order valence-corrected chi connectivity index (χ2v) is 7.77. The van der Waals surface area contributed by atoms with Gasteiger partial charge in [0.15, 0.2) is 20.6 Å². The molecule has 29 heavy (non-hydrogen) atoms. The van der Waals surface area contributed by atoms with E-state index in [2.05, 4.69) is 95.7 Å². The molecule has 0 aliphatic rings. The highest BCUT2D eigenvalue weighted by atomic mass is 32.2. The van der Waals surface area contributed by atoms with Gasteiger partial charge in [0.1, 0.15) is 6.29 Å². The molecule has 0 spiro atoms. The molecule has 1 unspecified atom stereocenters. The standard InChI is InChI=1S/C18H15S.C6H7NO3/c1-4-10-16(11-5-1)19(17-12-6-2-7-13-17)18-14-8-3-9-15-18;1-2-10-6(9)5(3-7)4-8/h1-15H;4-5H,2H2,1H3/q+1;. The van der Waals surface area contributed by atoms with Crippen LogP contribution in [-0.4, -0.2) is 18.9 Å². The molecule has 0 radical (unpaired) electrons. The largest absolute Gasteiger partial charge is 0.465 e. The van der Waals surface area contributed by atoms with E-state index in [1.165, 1.54) is 20.8 Å². The van der Waals surface area contributed by atoms with Gasteiger partial charge in [-0.2, -0.15) is 5.26 Å². The first-order valence-corrected chi connectivity index (χ1v) is 10.3. The number of hydrogen-bond donors (Lipinski definition) is 0. The van der Waals surface area contributed by atoms with Crippen LogP contribution in [0.25, 0.3) is 0 Å². The molecule has 0 aromatic heterocycles. The molecule has 0 bridgehead atoms. The Morgan fingerprint density at radius 2 is 1.28 bits per heavy atom. The third-order valence-corrected chi connectivity index (χ3v) is 5.98. The molecule has 3 aromatic rings. The van der Waals surface area contributed by atoms with E-state index in [0.29, 0.717) is 0 Å². The van der Waals surface area contributed by atoms with Gasteiger partial charge >= 0.3 is 5.97 Å². The van der Waals surface area contributed by atoms with Gasteiger partial charge in [0.25, 0.3) is 0 Å². The van der Waals surface area contributed by atoms with Crippen molar-refractivity contribution < 1.29 is 14.3 Å². The molecule has 0 aliphatic carbocycles. The monoisotopic (exact) mass is 404 g/mol. The summed E-state index contributed by atoms with van der Waals surface area (Å²) in [5.41, 5.74) is 0. The van der Waals surface area contributed by atoms with Gasteiger partial charge in [-0.3, -0.25) is 4.79 Å². The molecule has 0 amide bonds. The highest BCUT2D eigenvalue weighted by molar-refractivity contribution is 7.97. The smallest absolute Gasteiger partial charge is 0.330 e. The summed E-state index contributed by atoms with van der Waals surface area (Å²) in [4.78, 5) is 24.5. The summed E-state index contributed by atoms with van der Waals surface area (Å²) in [6.45, 7) is 1.79. The Labute approximate surface area is 174 Å². The lowest BCUT2D eigenvalue weighted by atomic mass is 10.2. The Hall–Kier alpha value is -3.36. The molecule has 4 nitrogen and oxygen atoms in total. The number of benzene rings is 3. The van der Waals surface area contributed by atoms with E-state index in [0.717, 1.165) is 0 Å². The molecular weight excluding hydrogens is 382 g/mol. The van der Waals surface area contributed by atoms with E-state index in [1.54, 1.807) is 6.92 Å². The first-order chi connectivity index (χ1) is 14.2. The van der Waals surface area contributed by atoms with Crippen molar-refractivity contribution in [3.8, 4) is 6.07 Å². The van der Waals surface area contributed by atoms with E-state index < -0.39 is 11.9 Å². The van der Waals surface area contributed by atoms with E-state index in [4.69, 9.17) is 5.26 Å². The SMILES string of the molecule is CCOC(=O)C(C#N)C=O.c1ccc([S+](c2ccccc2)c2ccccc2)cc1. The molecule has 5 heteroatoms. The molecule has 0 N–H and O–H groups in total. The zero-order valence-electron chi connectivity index (χ0n) is 16.1. The number of nitriles is 1. The van der Waals surface area contributed by atoms with Crippen LogP contribution in [0.4, 0.5) is 0 Å². The first-order valence-electron chi connectivity index (χ1n) is 9.12. The lowest BCUT2D eigenvalue weighted by Crippen LogP contribution is -2.16. The molecular formula is C24H22NO3S+. The average molecular weight is 405 g/mol. The van der Waals surface area contributed by atoms with Crippen LogP contribution in [0, 0.1) is 17.2 Å². The van der Waals surface area contributed by atoms with Crippen molar-refractivity contribution in [1.82, 2.24) is 0 Å². The summed E-state index contributed by atoms with van der Waals surface area (Å²) in [5, 5.41) is 8.14. The Balaban J connectivity index is 0.000000257. The summed E-state index contributed by atoms with van der Waals surface area (Å²) in [7, 11) is -0.0146. The van der Waals surface area contributed by atoms with Crippen molar-refractivity contribution in [1.29, 1.82) is 5.26 Å². The van der Waals surface area contributed by atoms with Crippen molar-refractivity contribution in [3.63, 3.8) is 0 Å². The lowest BCUT2D eigenvalue weighted by molar-refractivity contribution is -0.147. The predicted molar refractivity (Wildman–Crippen MR) is 113 cm³/mol. The van der Waals surface area contributed by atoms with Gasteiger partial charge < -0.3 is 9.53 Å². The van der Waals surface area contributed by atoms with E-state index in [9.17, 15) is 9.59 Å². The normalized spacial score (nSPS) is 10.8. The maximum absolute atomic E-state index is 10.5. The van der Waals surface area contributed by atoms with Crippen LogP contribution in [0.1, 0.15) is 6.92 Å². The Morgan fingerprint density at radius 3 is 1.55 bits per heavy atom. The molecule has 1 atom stereocenters. The molecule has 3 aromatic carbocycles. The minimum absolute atomic E-state index is 0.0146. The molecule has 0 heterocycles. The van der Waals surface area contributed by atoms with Crippen molar-refractivity contribution >= 4 is 23.2 Å². The Bertz CT molecular complexity index is 831. The number of esters is 1. The predicted octanol–water partition coefficient (Wildman–Crippen LogP) is 4.67. The van der Waals surface area contributed by atoms with Crippen molar-refractivity contribution in [2.24, 2.45) is 5.92 Å². The summed E-state index contributed by atoms with van der Waals surface area (Å²) in [6.07, 6.45) is 0.262. The van der Waals surface area contributed by atoms with Crippen molar-refractivity contribution in [2.45, 2.75) is 21.6 Å². The van der Waals surface area contributed by atoms with E-state index in [1.807, 2.05) is 0 Å². The fraction of sp³-hybridized carbons (Fsp3) is 0.125. The fourth-order valence-electron chi connectivity index (χ4n) is 2.45. The van der Waals surface area contributed by atoms with Gasteiger partial charge in [0.2, 0.25) is 0 Å². The topological polar surface area (TPSA) is 67.2 Å². The lowest BCUT2D eigenvalue weighted by Gasteiger charge is -2.07. The molecule has 146 valence electrons. The minimum Gasteiger partial charge on any atom is -0.465 e.